The highest BCUT2D eigenvalue weighted by Crippen LogP contribution is 2.53. The lowest BCUT2D eigenvalue weighted by Gasteiger charge is -2.57. The summed E-state index contributed by atoms with van der Waals surface area (Å²) in [7, 11) is -2.44. The van der Waals surface area contributed by atoms with Gasteiger partial charge in [0.1, 0.15) is 11.7 Å². The van der Waals surface area contributed by atoms with Crippen molar-refractivity contribution in [3.63, 3.8) is 0 Å². The molecule has 6 aliphatic heterocycles. The van der Waals surface area contributed by atoms with Gasteiger partial charge in [0.05, 0.1) is 80.9 Å². The molecule has 10 heteroatoms. The zero-order valence-corrected chi connectivity index (χ0v) is 47.0. The number of hydrogen-bond acceptors (Lipinski definition) is 9. The van der Waals surface area contributed by atoms with Gasteiger partial charge in [-0.15, -0.1) is 6.58 Å². The number of ether oxygens (including phenoxy) is 8. The highest BCUT2D eigenvalue weighted by atomic mass is 28.4. The third-order valence-electron chi connectivity index (χ3n) is 19.1. The lowest BCUT2D eigenvalue weighted by atomic mass is 9.76. The number of benzene rings is 4. The van der Waals surface area contributed by atoms with Crippen LogP contribution in [-0.4, -0.2) is 93.5 Å². The molecule has 6 aliphatic rings. The number of hydrogen-bond donors (Lipinski definition) is 0. The molecule has 0 saturated carbocycles. The van der Waals surface area contributed by atoms with Crippen molar-refractivity contribution in [1.29, 1.82) is 0 Å². The summed E-state index contributed by atoms with van der Waals surface area (Å²) in [5.41, 5.74) is 2.68. The fourth-order valence-corrected chi connectivity index (χ4v) is 20.6. The van der Waals surface area contributed by atoms with E-state index in [1.54, 1.807) is 0 Å². The first-order valence-corrected chi connectivity index (χ1v) is 30.6. The van der Waals surface area contributed by atoms with Gasteiger partial charge in [-0.3, -0.25) is 0 Å². The van der Waals surface area contributed by atoms with Crippen molar-refractivity contribution in [2.45, 2.75) is 229 Å². The van der Waals surface area contributed by atoms with E-state index in [2.05, 4.69) is 168 Å². The monoisotopic (exact) mass is 1020 g/mol. The van der Waals surface area contributed by atoms with Gasteiger partial charge in [0, 0.05) is 31.1 Å². The van der Waals surface area contributed by atoms with Crippen LogP contribution in [0.5, 0.6) is 0 Å². The Morgan fingerprint density at radius 2 is 1.23 bits per heavy atom. The molecule has 17 atom stereocenters. The Morgan fingerprint density at radius 3 is 1.85 bits per heavy atom. The Kier molecular flexibility index (Phi) is 15.9. The van der Waals surface area contributed by atoms with Crippen molar-refractivity contribution in [2.75, 3.05) is 6.61 Å². The fourth-order valence-electron chi connectivity index (χ4n) is 15.0. The molecule has 6 saturated heterocycles. The molecular formula is C63H88O9Si. The van der Waals surface area contributed by atoms with E-state index in [1.807, 2.05) is 6.08 Å². The van der Waals surface area contributed by atoms with Gasteiger partial charge in [-0.1, -0.05) is 148 Å². The van der Waals surface area contributed by atoms with Crippen LogP contribution in [0.2, 0.25) is 16.6 Å². The van der Waals surface area contributed by atoms with Crippen LogP contribution >= 0.6 is 0 Å². The van der Waals surface area contributed by atoms with Crippen LogP contribution in [0.3, 0.4) is 0 Å². The first kappa shape index (κ1) is 53.4. The largest absolute Gasteiger partial charge is 0.410 e. The maximum absolute atomic E-state index is 7.95. The fraction of sp³-hybridized carbons (Fsp3) is 0.651. The molecule has 4 aromatic rings. The van der Waals surface area contributed by atoms with Gasteiger partial charge < -0.3 is 42.3 Å². The predicted molar refractivity (Wildman–Crippen MR) is 293 cm³/mol. The summed E-state index contributed by atoms with van der Waals surface area (Å²) in [6.45, 7) is 31.7. The topological polar surface area (TPSA) is 83.1 Å². The minimum atomic E-state index is -2.44. The minimum Gasteiger partial charge on any atom is -0.410 e. The molecule has 73 heavy (non-hydrogen) atoms. The maximum Gasteiger partial charge on any atom is 0.200 e. The van der Waals surface area contributed by atoms with Crippen molar-refractivity contribution in [3.8, 4) is 0 Å². The van der Waals surface area contributed by atoms with Crippen LogP contribution in [-0.2, 0) is 55.5 Å². The summed E-state index contributed by atoms with van der Waals surface area (Å²) in [6.07, 6.45) is 5.14. The van der Waals surface area contributed by atoms with Crippen LogP contribution in [0.1, 0.15) is 132 Å². The smallest absolute Gasteiger partial charge is 0.200 e. The van der Waals surface area contributed by atoms with Gasteiger partial charge in [-0.25, -0.2) is 0 Å². The normalized spacial score (nSPS) is 37.3. The van der Waals surface area contributed by atoms with Crippen LogP contribution in [0.25, 0.3) is 21.5 Å². The highest BCUT2D eigenvalue weighted by Gasteiger charge is 2.62. The van der Waals surface area contributed by atoms with Crippen molar-refractivity contribution in [2.24, 2.45) is 23.7 Å². The Labute approximate surface area is 438 Å². The Bertz CT molecular complexity index is 2480. The molecule has 6 heterocycles. The van der Waals surface area contributed by atoms with Gasteiger partial charge in [0.2, 0.25) is 8.32 Å². The van der Waals surface area contributed by atoms with E-state index in [0.717, 1.165) is 43.2 Å². The van der Waals surface area contributed by atoms with E-state index in [9.17, 15) is 0 Å². The molecule has 0 aliphatic carbocycles. The molecular weight excluding hydrogens is 929 g/mol. The first-order valence-electron chi connectivity index (χ1n) is 28.5. The lowest BCUT2D eigenvalue weighted by Crippen LogP contribution is -2.67. The van der Waals surface area contributed by atoms with E-state index in [-0.39, 0.29) is 84.9 Å². The van der Waals surface area contributed by atoms with Gasteiger partial charge in [-0.2, -0.15) is 0 Å². The summed E-state index contributed by atoms with van der Waals surface area (Å²) >= 11 is 0. The van der Waals surface area contributed by atoms with Crippen molar-refractivity contribution in [1.82, 2.24) is 0 Å². The Morgan fingerprint density at radius 1 is 0.644 bits per heavy atom. The van der Waals surface area contributed by atoms with E-state index in [0.29, 0.717) is 55.2 Å². The van der Waals surface area contributed by atoms with Crippen LogP contribution in [0.4, 0.5) is 0 Å². The molecule has 0 unspecified atom stereocenters. The van der Waals surface area contributed by atoms with E-state index >= 15 is 0 Å². The molecule has 10 rings (SSSR count). The molecule has 398 valence electrons. The summed E-state index contributed by atoms with van der Waals surface area (Å²) in [4.78, 5) is 0. The van der Waals surface area contributed by atoms with Crippen LogP contribution in [0, 0.1) is 23.7 Å². The molecule has 9 nitrogen and oxygen atoms in total. The lowest BCUT2D eigenvalue weighted by molar-refractivity contribution is -0.342. The van der Waals surface area contributed by atoms with Gasteiger partial charge in [-0.05, 0) is 106 Å². The van der Waals surface area contributed by atoms with E-state index < -0.39 is 19.7 Å². The second kappa shape index (κ2) is 21.8. The standard InChI is InChI=1S/C63H88O9Si/c1-13-19-56(64-36-45-24-26-47-20-14-16-22-49(47)32-45)62(12)57(72-73(38(2)3,39(4)5)40(6)7)35-53-54(70-62)31-41(8)30-51-52(67-53)34-55-58(68-51)43(10)59(65-37-46-25-27-48-21-15-17-23-50(48)33-46)61-60(69-55)42(9)44(11)63(71-61)28-18-29-66-63/h13-17,20-27,32-33,38-44,51-61H,1,18-19,28-31,34-37H2,2-12H3/t41-,42+,43-,44+,51+,52-,53+,54-,55+,56-,57-,58-,59+,60-,61+,62+,63-/m1/s1. The molecule has 6 fully saturated rings. The Hall–Kier alpha value is -3.00. The molecule has 0 amide bonds. The second-order valence-corrected chi connectivity index (χ2v) is 30.0. The van der Waals surface area contributed by atoms with Crippen molar-refractivity contribution in [3.05, 3.63) is 109 Å². The number of fused-ring (bicyclic) bond motifs is 6. The Balaban J connectivity index is 0.947. The molecule has 1 spiro atoms. The third-order valence-corrected chi connectivity index (χ3v) is 25.2. The minimum absolute atomic E-state index is 0.0250. The van der Waals surface area contributed by atoms with Crippen LogP contribution in [0.15, 0.2) is 97.6 Å². The zero-order valence-electron chi connectivity index (χ0n) is 46.0. The van der Waals surface area contributed by atoms with Crippen molar-refractivity contribution >= 4 is 29.9 Å². The molecule has 0 N–H and O–H groups in total. The molecule has 0 bridgehead atoms. The SMILES string of the molecule is C=CC[C@@H](OCc1ccc2ccccc2c1)[C@]1(C)O[C@@H]2C[C@H](C)C[C@@H]3O[C@@H]4[C@@H](C)[C@H](OCc5ccc6ccccc6c5)[C@@H]5O[C@]6(CCCO6)[C@@H](C)[C@H](C)[C@H]5O[C@H]4C[C@H]3O[C@H]2C[C@H]1O[Si](C(C)C)(C(C)C)C(C)C. The van der Waals surface area contributed by atoms with E-state index in [4.69, 9.17) is 42.3 Å². The molecule has 0 aromatic heterocycles. The summed E-state index contributed by atoms with van der Waals surface area (Å²) in [5.74, 6) is -0.0589. The highest BCUT2D eigenvalue weighted by molar-refractivity contribution is 6.77. The quantitative estimate of drug-likeness (QED) is 0.0906. The average molecular weight is 1020 g/mol. The van der Waals surface area contributed by atoms with Gasteiger partial charge in [0.25, 0.3) is 0 Å². The average Bonchev–Trinajstić information content (AvgIpc) is 3.81. The number of rotatable bonds is 14. The molecule has 4 aromatic carbocycles. The van der Waals surface area contributed by atoms with Gasteiger partial charge in [0.15, 0.2) is 5.79 Å². The first-order chi connectivity index (χ1) is 35.0. The predicted octanol–water partition coefficient (Wildman–Crippen LogP) is 14.1. The zero-order chi connectivity index (χ0) is 51.4. The molecule has 0 radical (unpaired) electrons. The second-order valence-electron chi connectivity index (χ2n) is 24.6. The summed E-state index contributed by atoms with van der Waals surface area (Å²) in [6, 6.07) is 30.3. The van der Waals surface area contributed by atoms with E-state index in [1.165, 1.54) is 21.5 Å². The third kappa shape index (κ3) is 10.2. The summed E-state index contributed by atoms with van der Waals surface area (Å²) < 4.78 is 66.4. The summed E-state index contributed by atoms with van der Waals surface area (Å²) in [5, 5.41) is 4.87. The van der Waals surface area contributed by atoms with Gasteiger partial charge >= 0.3 is 0 Å². The van der Waals surface area contributed by atoms with Crippen LogP contribution < -0.4 is 0 Å². The van der Waals surface area contributed by atoms with Crippen molar-refractivity contribution < 1.29 is 42.3 Å². The maximum atomic E-state index is 7.95.